The van der Waals surface area contributed by atoms with E-state index in [2.05, 4.69) is 15.3 Å². The number of nitrogens with one attached hydrogen (secondary N) is 1. The molecule has 0 radical (unpaired) electrons. The van der Waals surface area contributed by atoms with Gasteiger partial charge in [-0.15, -0.1) is 0 Å². The van der Waals surface area contributed by atoms with Crippen LogP contribution >= 0.6 is 11.6 Å². The Balaban J connectivity index is 1.59. The fraction of sp³-hybridized carbons (Fsp3) is 0.625. The number of carbonyl (C=O) groups is 2. The van der Waals surface area contributed by atoms with Gasteiger partial charge in [0.15, 0.2) is 5.15 Å². The number of aromatic nitrogens is 2. The van der Waals surface area contributed by atoms with Gasteiger partial charge < -0.3 is 10.2 Å². The summed E-state index contributed by atoms with van der Waals surface area (Å²) in [6, 6.07) is 0.288. The second-order valence-corrected chi connectivity index (χ2v) is 7.34. The van der Waals surface area contributed by atoms with Crippen molar-refractivity contribution in [3.8, 4) is 0 Å². The van der Waals surface area contributed by atoms with Gasteiger partial charge in [-0.3, -0.25) is 14.6 Å². The van der Waals surface area contributed by atoms with Crippen LogP contribution in [-0.2, 0) is 16.1 Å². The van der Waals surface area contributed by atoms with Gasteiger partial charge in [0, 0.05) is 30.4 Å². The van der Waals surface area contributed by atoms with Crippen LogP contribution < -0.4 is 5.32 Å². The molecule has 3 heterocycles. The number of hydrogen-bond acceptors (Lipinski definition) is 4. The maximum Gasteiger partial charge on any atom is 0.228 e. The highest BCUT2D eigenvalue weighted by molar-refractivity contribution is 6.29. The zero-order valence-electron chi connectivity index (χ0n) is 13.4. The Morgan fingerprint density at radius 3 is 2.87 bits per heavy atom. The molecule has 23 heavy (non-hydrogen) atoms. The lowest BCUT2D eigenvalue weighted by molar-refractivity contribution is -0.138. The normalized spacial score (nSPS) is 26.0. The van der Waals surface area contributed by atoms with E-state index in [1.807, 2.05) is 18.7 Å². The SMILES string of the molecule is CC1(C)C[C@@H]2CC[C@@H](C(=O)NCc3nccnc3Cl)CN2C1=O. The summed E-state index contributed by atoms with van der Waals surface area (Å²) in [5, 5.41) is 3.16. The van der Waals surface area contributed by atoms with E-state index in [0.29, 0.717) is 17.4 Å². The van der Waals surface area contributed by atoms with Gasteiger partial charge in [-0.1, -0.05) is 25.4 Å². The maximum absolute atomic E-state index is 12.4. The third kappa shape index (κ3) is 3.17. The van der Waals surface area contributed by atoms with E-state index >= 15 is 0 Å². The number of hydrogen-bond donors (Lipinski definition) is 1. The van der Waals surface area contributed by atoms with Gasteiger partial charge in [0.25, 0.3) is 0 Å². The van der Waals surface area contributed by atoms with Crippen molar-refractivity contribution in [1.29, 1.82) is 0 Å². The van der Waals surface area contributed by atoms with Gasteiger partial charge in [-0.05, 0) is 19.3 Å². The molecule has 2 saturated heterocycles. The third-order valence-corrected chi connectivity index (χ3v) is 5.13. The van der Waals surface area contributed by atoms with Gasteiger partial charge in [-0.25, -0.2) is 4.98 Å². The first kappa shape index (κ1) is 16.2. The Morgan fingerprint density at radius 1 is 1.39 bits per heavy atom. The predicted molar refractivity (Wildman–Crippen MR) is 85.5 cm³/mol. The fourth-order valence-electron chi connectivity index (χ4n) is 3.55. The lowest BCUT2D eigenvalue weighted by atomic mass is 9.87. The van der Waals surface area contributed by atoms with Crippen molar-refractivity contribution in [3.63, 3.8) is 0 Å². The van der Waals surface area contributed by atoms with E-state index in [1.54, 1.807) is 6.20 Å². The molecule has 0 bridgehead atoms. The summed E-state index contributed by atoms with van der Waals surface area (Å²) in [5.41, 5.74) is 0.248. The van der Waals surface area contributed by atoms with E-state index in [0.717, 1.165) is 19.3 Å². The number of rotatable bonds is 3. The lowest BCUT2D eigenvalue weighted by Gasteiger charge is -2.34. The van der Waals surface area contributed by atoms with Crippen LogP contribution in [0.1, 0.15) is 38.8 Å². The summed E-state index contributed by atoms with van der Waals surface area (Å²) >= 11 is 5.94. The molecule has 0 spiro atoms. The average Bonchev–Trinajstić information content (AvgIpc) is 2.75. The molecule has 1 aromatic rings. The highest BCUT2D eigenvalue weighted by Gasteiger charge is 2.48. The summed E-state index contributed by atoms with van der Waals surface area (Å²) in [7, 11) is 0. The van der Waals surface area contributed by atoms with Gasteiger partial charge in [-0.2, -0.15) is 0 Å². The van der Waals surface area contributed by atoms with E-state index < -0.39 is 0 Å². The van der Waals surface area contributed by atoms with E-state index in [1.165, 1.54) is 6.20 Å². The second kappa shape index (κ2) is 6.07. The Kier molecular flexibility index (Phi) is 4.27. The molecule has 0 saturated carbocycles. The Labute approximate surface area is 140 Å². The smallest absolute Gasteiger partial charge is 0.228 e. The molecule has 2 aliphatic rings. The molecule has 0 unspecified atom stereocenters. The Bertz CT molecular complexity index is 634. The van der Waals surface area contributed by atoms with Crippen molar-refractivity contribution < 1.29 is 9.59 Å². The average molecular weight is 337 g/mol. The molecule has 124 valence electrons. The Morgan fingerprint density at radius 2 is 2.13 bits per heavy atom. The molecule has 6 nitrogen and oxygen atoms in total. The first-order valence-electron chi connectivity index (χ1n) is 7.92. The van der Waals surface area contributed by atoms with Crippen molar-refractivity contribution in [2.75, 3.05) is 6.54 Å². The van der Waals surface area contributed by atoms with Crippen LogP contribution in [0, 0.1) is 11.3 Å². The van der Waals surface area contributed by atoms with E-state index in [4.69, 9.17) is 11.6 Å². The number of nitrogens with zero attached hydrogens (tertiary/aromatic N) is 3. The predicted octanol–water partition coefficient (Wildman–Crippen LogP) is 1.78. The van der Waals surface area contributed by atoms with Gasteiger partial charge in [0.05, 0.1) is 18.2 Å². The van der Waals surface area contributed by atoms with Crippen molar-refractivity contribution in [2.45, 2.75) is 45.7 Å². The molecular formula is C16H21ClN4O2. The minimum atomic E-state index is -0.302. The highest BCUT2D eigenvalue weighted by Crippen LogP contribution is 2.40. The molecule has 1 N–H and O–H groups in total. The molecule has 0 aromatic carbocycles. The van der Waals surface area contributed by atoms with Crippen molar-refractivity contribution >= 4 is 23.4 Å². The van der Waals surface area contributed by atoms with Crippen LogP contribution in [0.2, 0.25) is 5.15 Å². The third-order valence-electron chi connectivity index (χ3n) is 4.82. The van der Waals surface area contributed by atoms with Crippen molar-refractivity contribution in [1.82, 2.24) is 20.2 Å². The zero-order valence-corrected chi connectivity index (χ0v) is 14.1. The summed E-state index contributed by atoms with van der Waals surface area (Å²) in [4.78, 5) is 34.7. The molecule has 2 amide bonds. The minimum Gasteiger partial charge on any atom is -0.350 e. The van der Waals surface area contributed by atoms with Crippen LogP contribution in [0.3, 0.4) is 0 Å². The van der Waals surface area contributed by atoms with Crippen LogP contribution in [0.5, 0.6) is 0 Å². The fourth-order valence-corrected chi connectivity index (χ4v) is 3.72. The monoisotopic (exact) mass is 336 g/mol. The highest BCUT2D eigenvalue weighted by atomic mass is 35.5. The quantitative estimate of drug-likeness (QED) is 0.913. The van der Waals surface area contributed by atoms with E-state index in [9.17, 15) is 9.59 Å². The van der Waals surface area contributed by atoms with Crippen LogP contribution in [0.25, 0.3) is 0 Å². The molecule has 2 aliphatic heterocycles. The maximum atomic E-state index is 12.4. The minimum absolute atomic E-state index is 0.0531. The van der Waals surface area contributed by atoms with Crippen molar-refractivity contribution in [2.24, 2.45) is 11.3 Å². The Hall–Kier alpha value is -1.69. The largest absolute Gasteiger partial charge is 0.350 e. The van der Waals surface area contributed by atoms with Crippen LogP contribution in [-0.4, -0.2) is 39.3 Å². The number of piperidine rings is 1. The van der Waals surface area contributed by atoms with E-state index in [-0.39, 0.29) is 35.7 Å². The molecule has 3 rings (SSSR count). The standard InChI is InChI=1S/C16H21ClN4O2/c1-16(2)7-11-4-3-10(9-21(11)15(16)23)14(22)20-8-12-13(17)19-6-5-18-12/h5-6,10-11H,3-4,7-9H2,1-2H3,(H,20,22)/t10-,11+/m1/s1. The number of halogens is 1. The molecular weight excluding hydrogens is 316 g/mol. The molecule has 1 aromatic heterocycles. The summed E-state index contributed by atoms with van der Waals surface area (Å²) in [5.74, 6) is -0.0563. The number of carbonyl (C=O) groups excluding carboxylic acids is 2. The van der Waals surface area contributed by atoms with Crippen LogP contribution in [0.4, 0.5) is 0 Å². The molecule has 2 atom stereocenters. The van der Waals surface area contributed by atoms with Crippen molar-refractivity contribution in [3.05, 3.63) is 23.2 Å². The van der Waals surface area contributed by atoms with Gasteiger partial charge in [0.1, 0.15) is 0 Å². The van der Waals surface area contributed by atoms with Crippen LogP contribution in [0.15, 0.2) is 12.4 Å². The topological polar surface area (TPSA) is 75.2 Å². The summed E-state index contributed by atoms with van der Waals surface area (Å²) < 4.78 is 0. The number of amides is 2. The van der Waals surface area contributed by atoms with Gasteiger partial charge >= 0.3 is 0 Å². The molecule has 2 fully saturated rings. The summed E-state index contributed by atoms with van der Waals surface area (Å²) in [6.07, 6.45) is 5.64. The zero-order chi connectivity index (χ0) is 16.6. The summed E-state index contributed by atoms with van der Waals surface area (Å²) in [6.45, 7) is 4.73. The molecule has 7 heteroatoms. The van der Waals surface area contributed by atoms with Gasteiger partial charge in [0.2, 0.25) is 11.8 Å². The number of fused-ring (bicyclic) bond motifs is 1. The first-order chi connectivity index (χ1) is 10.9. The first-order valence-corrected chi connectivity index (χ1v) is 8.30. The molecule has 0 aliphatic carbocycles. The second-order valence-electron chi connectivity index (χ2n) is 6.99. The lowest BCUT2D eigenvalue weighted by Crippen LogP contribution is -2.47.